The number of carbonyl (C=O) groups is 1. The molecule has 1 N–H and O–H groups in total. The van der Waals surface area contributed by atoms with Gasteiger partial charge in [0.1, 0.15) is 0 Å². The summed E-state index contributed by atoms with van der Waals surface area (Å²) in [4.78, 5) is 9.98. The molecule has 0 bridgehead atoms. The van der Waals surface area contributed by atoms with E-state index < -0.39 is 5.97 Å². The van der Waals surface area contributed by atoms with E-state index in [0.29, 0.717) is 0 Å². The van der Waals surface area contributed by atoms with E-state index in [1.54, 1.807) is 0 Å². The molecule has 2 saturated carbocycles. The number of rotatable bonds is 1. The van der Waals surface area contributed by atoms with Crippen molar-refractivity contribution in [3.05, 3.63) is 0 Å². The first kappa shape index (κ1) is 7.58. The molecular weight excluding hydrogens is 128 g/mol. The quantitative estimate of drug-likeness (QED) is 0.608. The van der Waals surface area contributed by atoms with Crippen molar-refractivity contribution in [2.45, 2.75) is 38.5 Å². The zero-order chi connectivity index (χ0) is 7.40. The average Bonchev–Trinajstić information content (AvgIpc) is 2.35. The Morgan fingerprint density at radius 3 is 1.60 bits per heavy atom. The third kappa shape index (κ3) is 2.85. The van der Waals surface area contributed by atoms with Crippen molar-refractivity contribution < 1.29 is 9.90 Å². The van der Waals surface area contributed by atoms with Gasteiger partial charge in [0.2, 0.25) is 0 Å². The van der Waals surface area contributed by atoms with E-state index in [1.807, 2.05) is 0 Å². The molecule has 0 amide bonds. The van der Waals surface area contributed by atoms with Crippen LogP contribution in [0.3, 0.4) is 0 Å². The van der Waals surface area contributed by atoms with Crippen LogP contribution >= 0.6 is 0 Å². The van der Waals surface area contributed by atoms with Crippen molar-refractivity contribution in [2.24, 2.45) is 5.92 Å². The van der Waals surface area contributed by atoms with Crippen molar-refractivity contribution in [3.8, 4) is 0 Å². The minimum absolute atomic E-state index is 0.000000000000000444. The minimum atomic E-state index is -0.619. The third-order valence-electron chi connectivity index (χ3n) is 1.81. The van der Waals surface area contributed by atoms with E-state index in [-0.39, 0.29) is 5.92 Å². The molecule has 2 rings (SSSR count). The fourth-order valence-corrected chi connectivity index (χ4v) is 0.655. The van der Waals surface area contributed by atoms with Gasteiger partial charge in [-0.1, -0.05) is 25.7 Å². The number of carboxylic acid groups (broad SMARTS) is 1. The molecule has 2 aliphatic carbocycles. The van der Waals surface area contributed by atoms with Crippen LogP contribution in [0, 0.1) is 5.92 Å². The van der Waals surface area contributed by atoms with E-state index in [0.717, 1.165) is 19.3 Å². The summed E-state index contributed by atoms with van der Waals surface area (Å²) in [6.45, 7) is 0. The topological polar surface area (TPSA) is 37.3 Å². The Bertz CT molecular complexity index is 112. The molecule has 2 fully saturated rings. The maximum absolute atomic E-state index is 9.98. The van der Waals surface area contributed by atoms with Crippen LogP contribution in [0.15, 0.2) is 0 Å². The van der Waals surface area contributed by atoms with Gasteiger partial charge in [0.05, 0.1) is 5.92 Å². The second kappa shape index (κ2) is 3.59. The maximum Gasteiger partial charge on any atom is 0.306 e. The number of hydrogen-bond acceptors (Lipinski definition) is 1. The fraction of sp³-hybridized carbons (Fsp3) is 0.875. The van der Waals surface area contributed by atoms with Crippen LogP contribution in [0.5, 0.6) is 0 Å². The van der Waals surface area contributed by atoms with E-state index in [9.17, 15) is 4.79 Å². The Hall–Kier alpha value is -0.530. The van der Waals surface area contributed by atoms with Gasteiger partial charge in [-0.25, -0.2) is 0 Å². The number of aliphatic carboxylic acids is 1. The molecule has 0 aromatic carbocycles. The van der Waals surface area contributed by atoms with Crippen molar-refractivity contribution in [2.75, 3.05) is 0 Å². The van der Waals surface area contributed by atoms with Gasteiger partial charge in [0.15, 0.2) is 0 Å². The second-order valence-electron chi connectivity index (χ2n) is 3.03. The van der Waals surface area contributed by atoms with Crippen molar-refractivity contribution in [3.63, 3.8) is 0 Å². The molecule has 0 unspecified atom stereocenters. The SMILES string of the molecule is C1CC1.O=C(O)C1CCC1. The Labute approximate surface area is 61.2 Å². The van der Waals surface area contributed by atoms with Gasteiger partial charge in [-0.15, -0.1) is 0 Å². The summed E-state index contributed by atoms with van der Waals surface area (Å²) >= 11 is 0. The zero-order valence-corrected chi connectivity index (χ0v) is 6.18. The Kier molecular flexibility index (Phi) is 2.72. The highest BCUT2D eigenvalue weighted by molar-refractivity contribution is 5.70. The number of carboxylic acids is 1. The summed E-state index contributed by atoms with van der Waals surface area (Å²) in [5, 5.41) is 8.23. The highest BCUT2D eigenvalue weighted by Gasteiger charge is 2.23. The van der Waals surface area contributed by atoms with Crippen molar-refractivity contribution in [1.82, 2.24) is 0 Å². The Balaban J connectivity index is 0.000000138. The molecule has 0 aromatic rings. The van der Waals surface area contributed by atoms with Gasteiger partial charge in [-0.05, 0) is 12.8 Å². The molecule has 10 heavy (non-hydrogen) atoms. The van der Waals surface area contributed by atoms with Crippen LogP contribution in [0.4, 0.5) is 0 Å². The molecule has 0 heterocycles. The first-order chi connectivity index (χ1) is 4.80. The lowest BCUT2D eigenvalue weighted by molar-refractivity contribution is -0.144. The van der Waals surface area contributed by atoms with E-state index in [2.05, 4.69) is 0 Å². The average molecular weight is 142 g/mol. The van der Waals surface area contributed by atoms with E-state index in [4.69, 9.17) is 5.11 Å². The van der Waals surface area contributed by atoms with Gasteiger partial charge < -0.3 is 5.11 Å². The van der Waals surface area contributed by atoms with Gasteiger partial charge in [-0.3, -0.25) is 4.79 Å². The number of hydrogen-bond donors (Lipinski definition) is 1. The first-order valence-electron chi connectivity index (χ1n) is 4.03. The highest BCUT2D eigenvalue weighted by atomic mass is 16.4. The van der Waals surface area contributed by atoms with Gasteiger partial charge in [-0.2, -0.15) is 0 Å². The highest BCUT2D eigenvalue weighted by Crippen LogP contribution is 2.25. The molecule has 0 aromatic heterocycles. The Morgan fingerprint density at radius 2 is 1.60 bits per heavy atom. The molecule has 0 spiro atoms. The monoisotopic (exact) mass is 142 g/mol. The molecule has 0 atom stereocenters. The van der Waals surface area contributed by atoms with Gasteiger partial charge in [0.25, 0.3) is 0 Å². The lowest BCUT2D eigenvalue weighted by Crippen LogP contribution is -2.20. The molecule has 2 aliphatic rings. The van der Waals surface area contributed by atoms with Crippen molar-refractivity contribution >= 4 is 5.97 Å². The molecule has 0 radical (unpaired) electrons. The first-order valence-corrected chi connectivity index (χ1v) is 4.03. The molecule has 0 aliphatic heterocycles. The normalized spacial score (nSPS) is 22.0. The van der Waals surface area contributed by atoms with Crippen LogP contribution in [0.1, 0.15) is 38.5 Å². The van der Waals surface area contributed by atoms with Gasteiger partial charge >= 0.3 is 5.97 Å². The second-order valence-corrected chi connectivity index (χ2v) is 3.03. The smallest absolute Gasteiger partial charge is 0.306 e. The standard InChI is InChI=1S/C5H8O2.C3H6/c6-5(7)4-2-1-3-4;1-2-3-1/h4H,1-3H2,(H,6,7);1-3H2. The fourth-order valence-electron chi connectivity index (χ4n) is 0.655. The molecular formula is C8H14O2. The summed E-state index contributed by atoms with van der Waals surface area (Å²) in [5.41, 5.74) is 0. The van der Waals surface area contributed by atoms with E-state index >= 15 is 0 Å². The zero-order valence-electron chi connectivity index (χ0n) is 6.18. The van der Waals surface area contributed by atoms with Crippen LogP contribution in [-0.2, 0) is 4.79 Å². The summed E-state index contributed by atoms with van der Waals surface area (Å²) < 4.78 is 0. The van der Waals surface area contributed by atoms with Crippen molar-refractivity contribution in [1.29, 1.82) is 0 Å². The summed E-state index contributed by atoms with van der Waals surface area (Å²) in [5.74, 6) is -0.619. The summed E-state index contributed by atoms with van der Waals surface area (Å²) in [6.07, 6.45) is 7.40. The third-order valence-corrected chi connectivity index (χ3v) is 1.81. The summed E-state index contributed by atoms with van der Waals surface area (Å²) in [6, 6.07) is 0. The predicted octanol–water partition coefficient (Wildman–Crippen LogP) is 2.04. The largest absolute Gasteiger partial charge is 0.481 e. The molecule has 2 heteroatoms. The van der Waals surface area contributed by atoms with Gasteiger partial charge in [0, 0.05) is 0 Å². The van der Waals surface area contributed by atoms with E-state index in [1.165, 1.54) is 19.3 Å². The minimum Gasteiger partial charge on any atom is -0.481 e. The van der Waals surface area contributed by atoms with Crippen LogP contribution < -0.4 is 0 Å². The van der Waals surface area contributed by atoms with Crippen LogP contribution in [-0.4, -0.2) is 11.1 Å². The maximum atomic E-state index is 9.98. The molecule has 58 valence electrons. The molecule has 2 nitrogen and oxygen atoms in total. The molecule has 0 saturated heterocycles. The lowest BCUT2D eigenvalue weighted by Gasteiger charge is -2.19. The summed E-state index contributed by atoms with van der Waals surface area (Å²) in [7, 11) is 0. The predicted molar refractivity (Wildman–Crippen MR) is 38.8 cm³/mol. The lowest BCUT2D eigenvalue weighted by atomic mass is 9.86. The van der Waals surface area contributed by atoms with Crippen LogP contribution in [0.2, 0.25) is 0 Å². The Morgan fingerprint density at radius 1 is 1.10 bits per heavy atom. The van der Waals surface area contributed by atoms with Crippen LogP contribution in [0.25, 0.3) is 0 Å².